The monoisotopic (exact) mass is 494 g/mol. The maximum absolute atomic E-state index is 12.6. The van der Waals surface area contributed by atoms with Crippen LogP contribution in [0, 0.1) is 5.92 Å². The summed E-state index contributed by atoms with van der Waals surface area (Å²) in [6, 6.07) is 9.06. The lowest BCUT2D eigenvalue weighted by molar-refractivity contribution is -0.351. The summed E-state index contributed by atoms with van der Waals surface area (Å²) in [5.41, 5.74) is -2.62. The standard InChI is InChI=1S/C24H30O11/c1-23(35-16(27)8-7-13-5-3-2-4-6-13)11-15(26)24(31)9-10-32-22(20(23)24)34-21-19(30)18(29)17(28)14(12-25)33-21/h2-10,14-15,17-22,25-26,28-31H,11-12H2,1H3/b8-7+/t14-,15+,17-,18+,19-,20-,21+,22+,23+,24-/m1/s1. The number of fused-ring (bicyclic) bond motifs is 1. The van der Waals surface area contributed by atoms with Gasteiger partial charge in [-0.1, -0.05) is 30.3 Å². The maximum Gasteiger partial charge on any atom is 0.331 e. The number of hydrogen-bond donors (Lipinski definition) is 6. The molecule has 0 amide bonds. The van der Waals surface area contributed by atoms with E-state index in [9.17, 15) is 35.4 Å². The summed E-state index contributed by atoms with van der Waals surface area (Å²) in [7, 11) is 0. The summed E-state index contributed by atoms with van der Waals surface area (Å²) in [5.74, 6) is -1.90. The lowest BCUT2D eigenvalue weighted by atomic mass is 9.81. The first-order valence-electron chi connectivity index (χ1n) is 11.2. The summed E-state index contributed by atoms with van der Waals surface area (Å²) in [5, 5.41) is 61.7. The second kappa shape index (κ2) is 9.96. The average molecular weight is 494 g/mol. The molecule has 6 N–H and O–H groups in total. The number of hydrogen-bond acceptors (Lipinski definition) is 11. The molecule has 1 saturated heterocycles. The quantitative estimate of drug-likeness (QED) is 0.207. The molecule has 35 heavy (non-hydrogen) atoms. The van der Waals surface area contributed by atoms with Crippen LogP contribution in [0.4, 0.5) is 0 Å². The van der Waals surface area contributed by atoms with Gasteiger partial charge in [-0.25, -0.2) is 4.79 Å². The number of rotatable bonds is 6. The topological polar surface area (TPSA) is 175 Å². The molecule has 11 nitrogen and oxygen atoms in total. The number of aliphatic hydroxyl groups excluding tert-OH is 5. The molecular formula is C24H30O11. The summed E-state index contributed by atoms with van der Waals surface area (Å²) >= 11 is 0. The van der Waals surface area contributed by atoms with E-state index in [0.717, 1.165) is 11.8 Å². The van der Waals surface area contributed by atoms with E-state index in [0.29, 0.717) is 0 Å². The van der Waals surface area contributed by atoms with E-state index in [1.807, 2.05) is 18.2 Å². The molecule has 0 spiro atoms. The van der Waals surface area contributed by atoms with Crippen molar-refractivity contribution in [3.63, 3.8) is 0 Å². The molecule has 192 valence electrons. The van der Waals surface area contributed by atoms with E-state index in [1.54, 1.807) is 18.2 Å². The Labute approximate surface area is 201 Å². The number of aliphatic hydroxyl groups is 6. The van der Waals surface area contributed by atoms with E-state index in [1.165, 1.54) is 19.1 Å². The molecule has 1 saturated carbocycles. The molecule has 2 heterocycles. The van der Waals surface area contributed by atoms with E-state index in [-0.39, 0.29) is 6.42 Å². The van der Waals surface area contributed by atoms with Gasteiger partial charge in [0.2, 0.25) is 6.29 Å². The molecule has 0 unspecified atom stereocenters. The Morgan fingerprint density at radius 1 is 1.11 bits per heavy atom. The van der Waals surface area contributed by atoms with Gasteiger partial charge in [0.25, 0.3) is 0 Å². The first kappa shape index (κ1) is 25.7. The fourth-order valence-electron chi connectivity index (χ4n) is 4.92. The van der Waals surface area contributed by atoms with Gasteiger partial charge in [0.1, 0.15) is 35.6 Å². The predicted molar refractivity (Wildman–Crippen MR) is 118 cm³/mol. The fraction of sp³-hybridized carbons (Fsp3) is 0.542. The van der Waals surface area contributed by atoms with E-state index >= 15 is 0 Å². The van der Waals surface area contributed by atoms with Crippen LogP contribution in [0.25, 0.3) is 6.08 Å². The largest absolute Gasteiger partial charge is 0.472 e. The van der Waals surface area contributed by atoms with Crippen LogP contribution in [0.1, 0.15) is 18.9 Å². The van der Waals surface area contributed by atoms with Crippen molar-refractivity contribution < 1.29 is 54.4 Å². The molecule has 0 bridgehead atoms. The van der Waals surface area contributed by atoms with Gasteiger partial charge in [-0.3, -0.25) is 0 Å². The third kappa shape index (κ3) is 4.86. The summed E-state index contributed by atoms with van der Waals surface area (Å²) < 4.78 is 22.3. The summed E-state index contributed by atoms with van der Waals surface area (Å²) in [6.07, 6.45) is -5.57. The molecule has 1 aromatic rings. The van der Waals surface area contributed by atoms with Crippen LogP contribution in [0.2, 0.25) is 0 Å². The normalized spacial score (nSPS) is 43.1. The van der Waals surface area contributed by atoms with Crippen molar-refractivity contribution in [1.82, 2.24) is 0 Å². The first-order chi connectivity index (χ1) is 16.6. The van der Waals surface area contributed by atoms with Gasteiger partial charge in [0.05, 0.1) is 24.9 Å². The number of esters is 1. The minimum atomic E-state index is -1.91. The molecule has 10 atom stereocenters. The van der Waals surface area contributed by atoms with Gasteiger partial charge >= 0.3 is 5.97 Å². The Morgan fingerprint density at radius 3 is 2.51 bits per heavy atom. The molecule has 4 rings (SSSR count). The third-order valence-electron chi connectivity index (χ3n) is 6.77. The molecule has 1 aliphatic carbocycles. The van der Waals surface area contributed by atoms with Crippen molar-refractivity contribution in [1.29, 1.82) is 0 Å². The van der Waals surface area contributed by atoms with Crippen LogP contribution in [0.15, 0.2) is 48.7 Å². The van der Waals surface area contributed by atoms with Crippen LogP contribution in [0.5, 0.6) is 0 Å². The smallest absolute Gasteiger partial charge is 0.331 e. The highest BCUT2D eigenvalue weighted by atomic mass is 16.8. The Bertz CT molecular complexity index is 950. The minimum absolute atomic E-state index is 0.151. The van der Waals surface area contributed by atoms with Gasteiger partial charge in [0, 0.05) is 12.5 Å². The summed E-state index contributed by atoms with van der Waals surface area (Å²) in [6.45, 7) is 0.852. The van der Waals surface area contributed by atoms with Crippen molar-refractivity contribution in [3.8, 4) is 0 Å². The second-order valence-corrected chi connectivity index (χ2v) is 9.20. The number of benzene rings is 1. The van der Waals surface area contributed by atoms with Crippen LogP contribution in [-0.2, 0) is 23.7 Å². The molecular weight excluding hydrogens is 464 g/mol. The van der Waals surface area contributed by atoms with Crippen LogP contribution < -0.4 is 0 Å². The van der Waals surface area contributed by atoms with Crippen molar-refractivity contribution >= 4 is 12.0 Å². The van der Waals surface area contributed by atoms with Crippen LogP contribution in [-0.4, -0.2) is 97.5 Å². The molecule has 11 heteroatoms. The molecule has 2 aliphatic heterocycles. The van der Waals surface area contributed by atoms with E-state index in [4.69, 9.17) is 18.9 Å². The van der Waals surface area contributed by atoms with Crippen molar-refractivity contribution in [2.45, 2.75) is 67.6 Å². The molecule has 2 fully saturated rings. The summed E-state index contributed by atoms with van der Waals surface area (Å²) in [4.78, 5) is 12.6. The van der Waals surface area contributed by atoms with Gasteiger partial charge < -0.3 is 49.6 Å². The highest BCUT2D eigenvalue weighted by Crippen LogP contribution is 2.51. The molecule has 1 aromatic carbocycles. The minimum Gasteiger partial charge on any atom is -0.472 e. The zero-order valence-corrected chi connectivity index (χ0v) is 19.0. The highest BCUT2D eigenvalue weighted by molar-refractivity contribution is 5.87. The molecule has 0 radical (unpaired) electrons. The Balaban J connectivity index is 1.55. The maximum atomic E-state index is 12.6. The second-order valence-electron chi connectivity index (χ2n) is 9.20. The number of carbonyl (C=O) groups excluding carboxylic acids is 1. The van der Waals surface area contributed by atoms with Gasteiger partial charge in [-0.15, -0.1) is 0 Å². The Kier molecular flexibility index (Phi) is 7.32. The van der Waals surface area contributed by atoms with E-state index < -0.39 is 72.8 Å². The fourth-order valence-corrected chi connectivity index (χ4v) is 4.92. The number of carbonyl (C=O) groups is 1. The third-order valence-corrected chi connectivity index (χ3v) is 6.77. The Hall–Kier alpha value is -2.35. The zero-order valence-electron chi connectivity index (χ0n) is 19.0. The lowest BCUT2D eigenvalue weighted by Gasteiger charge is -2.45. The molecule has 0 aromatic heterocycles. The van der Waals surface area contributed by atoms with E-state index in [2.05, 4.69) is 0 Å². The van der Waals surface area contributed by atoms with Crippen LogP contribution in [0.3, 0.4) is 0 Å². The van der Waals surface area contributed by atoms with Gasteiger partial charge in [-0.05, 0) is 24.6 Å². The van der Waals surface area contributed by atoms with Crippen LogP contribution >= 0.6 is 0 Å². The molecule has 3 aliphatic rings. The zero-order chi connectivity index (χ0) is 25.4. The van der Waals surface area contributed by atoms with Crippen molar-refractivity contribution in [2.75, 3.05) is 6.61 Å². The van der Waals surface area contributed by atoms with Crippen molar-refractivity contribution in [2.24, 2.45) is 5.92 Å². The predicted octanol–water partition coefficient (Wildman–Crippen LogP) is -1.20. The Morgan fingerprint density at radius 2 is 1.83 bits per heavy atom. The lowest BCUT2D eigenvalue weighted by Crippen LogP contribution is -2.62. The average Bonchev–Trinajstić information content (AvgIpc) is 3.03. The highest BCUT2D eigenvalue weighted by Gasteiger charge is 2.66. The number of ether oxygens (including phenoxy) is 4. The van der Waals surface area contributed by atoms with Gasteiger partial charge in [-0.2, -0.15) is 0 Å². The van der Waals surface area contributed by atoms with Gasteiger partial charge in [0.15, 0.2) is 6.29 Å². The first-order valence-corrected chi connectivity index (χ1v) is 11.2. The SMILES string of the molecule is C[C@]1(OC(=O)/C=C/c2ccccc2)C[C@H](O)[C@]2(O)C=CO[C@@H](O[C@@H]3O[C@H](CO)[C@@H](O)[C@H](O)[C@H]3O)[C@@H]21. The van der Waals surface area contributed by atoms with Crippen molar-refractivity contribution in [3.05, 3.63) is 54.3 Å².